The summed E-state index contributed by atoms with van der Waals surface area (Å²) in [6.45, 7) is 0. The van der Waals surface area contributed by atoms with Crippen molar-refractivity contribution >= 4 is 21.9 Å². The van der Waals surface area contributed by atoms with E-state index >= 15 is 0 Å². The van der Waals surface area contributed by atoms with E-state index in [-0.39, 0.29) is 5.41 Å². The van der Waals surface area contributed by atoms with Gasteiger partial charge >= 0.3 is 0 Å². The Morgan fingerprint density at radius 2 is 0.774 bits per heavy atom. The molecule has 0 saturated carbocycles. The number of aromatic nitrogens is 3. The molecular weight excluding hydrogens is 755 g/mol. The SMILES string of the molecule is c1ccc(-c2nc(-c3ccccc3-c3ccccc3)nc(-c3cccc4oc5ccc(-c6ccc7c(c6)-c6ccccc6C76c7ccccc7-c7ccccc76)cc5c34)n2)cc1. The first-order chi connectivity index (χ1) is 30.7. The molecule has 0 amide bonds. The minimum absolute atomic E-state index is 0.374. The lowest BCUT2D eigenvalue weighted by Crippen LogP contribution is -2.25. The van der Waals surface area contributed by atoms with Crippen molar-refractivity contribution in [1.29, 1.82) is 0 Å². The minimum atomic E-state index is -0.374. The summed E-state index contributed by atoms with van der Waals surface area (Å²) in [7, 11) is 0. The van der Waals surface area contributed by atoms with Gasteiger partial charge in [0, 0.05) is 27.5 Å². The number of fused-ring (bicyclic) bond motifs is 13. The number of furan rings is 1. The van der Waals surface area contributed by atoms with Crippen LogP contribution in [-0.4, -0.2) is 15.0 Å². The molecule has 2 aromatic heterocycles. The molecule has 4 heteroatoms. The van der Waals surface area contributed by atoms with Crippen LogP contribution in [0.2, 0.25) is 0 Å². The molecule has 2 aliphatic carbocycles. The first kappa shape index (κ1) is 34.6. The van der Waals surface area contributed by atoms with Gasteiger partial charge in [0.25, 0.3) is 0 Å². The Labute approximate surface area is 358 Å². The largest absolute Gasteiger partial charge is 0.456 e. The van der Waals surface area contributed by atoms with E-state index in [2.05, 4.69) is 158 Å². The molecule has 0 saturated heterocycles. The van der Waals surface area contributed by atoms with E-state index in [0.29, 0.717) is 17.5 Å². The van der Waals surface area contributed by atoms with Gasteiger partial charge in [-0.1, -0.05) is 188 Å². The van der Waals surface area contributed by atoms with Crippen molar-refractivity contribution in [2.45, 2.75) is 5.41 Å². The second-order valence-corrected chi connectivity index (χ2v) is 16.2. The standard InChI is InChI=1S/C58H35N3O/c1-3-16-36(17-4-1)40-20-7-8-24-44(40)56-59-55(37-18-5-2-6-19-37)60-57(61-56)45-25-15-29-53-54(45)47-35-39(31-33-52(47)62-53)38-30-32-51-46(34-38)43-23-11-14-28-50(43)58(51)48-26-12-9-21-41(48)42-22-10-13-27-49(42)58/h1-35H. The first-order valence-corrected chi connectivity index (χ1v) is 21.1. The molecular formula is C58H35N3O. The minimum Gasteiger partial charge on any atom is -0.456 e. The van der Waals surface area contributed by atoms with Gasteiger partial charge in [0.1, 0.15) is 11.2 Å². The molecule has 288 valence electrons. The van der Waals surface area contributed by atoms with Gasteiger partial charge in [-0.3, -0.25) is 0 Å². The molecule has 0 bridgehead atoms. The van der Waals surface area contributed by atoms with Crippen LogP contribution >= 0.6 is 0 Å². The summed E-state index contributed by atoms with van der Waals surface area (Å²) in [5, 5.41) is 1.98. The summed E-state index contributed by atoms with van der Waals surface area (Å²) < 4.78 is 6.59. The second-order valence-electron chi connectivity index (χ2n) is 16.2. The molecule has 0 aliphatic heterocycles. The summed E-state index contributed by atoms with van der Waals surface area (Å²) in [5.41, 5.74) is 18.9. The Kier molecular flexibility index (Phi) is 7.49. The van der Waals surface area contributed by atoms with Gasteiger partial charge in [0.15, 0.2) is 17.5 Å². The smallest absolute Gasteiger partial charge is 0.164 e. The van der Waals surface area contributed by atoms with Crippen molar-refractivity contribution in [1.82, 2.24) is 15.0 Å². The van der Waals surface area contributed by atoms with Crippen molar-refractivity contribution in [3.05, 3.63) is 235 Å². The summed E-state index contributed by atoms with van der Waals surface area (Å²) in [4.78, 5) is 15.6. The molecule has 0 radical (unpaired) electrons. The topological polar surface area (TPSA) is 51.8 Å². The van der Waals surface area contributed by atoms with Crippen molar-refractivity contribution in [2.75, 3.05) is 0 Å². The third kappa shape index (κ3) is 4.98. The molecule has 62 heavy (non-hydrogen) atoms. The predicted octanol–water partition coefficient (Wildman–Crippen LogP) is 14.4. The van der Waals surface area contributed by atoms with Crippen LogP contribution in [0, 0.1) is 0 Å². The maximum Gasteiger partial charge on any atom is 0.164 e. The van der Waals surface area contributed by atoms with Crippen LogP contribution in [0.3, 0.4) is 0 Å². The summed E-state index contributed by atoms with van der Waals surface area (Å²) >= 11 is 0. The molecule has 1 spiro atoms. The van der Waals surface area contributed by atoms with Gasteiger partial charge in [0.2, 0.25) is 0 Å². The van der Waals surface area contributed by atoms with Gasteiger partial charge in [-0.2, -0.15) is 0 Å². The maximum atomic E-state index is 6.59. The van der Waals surface area contributed by atoms with E-state index in [9.17, 15) is 0 Å². The Morgan fingerprint density at radius 1 is 0.290 bits per heavy atom. The van der Waals surface area contributed by atoms with Gasteiger partial charge in [-0.05, 0) is 91.0 Å². The van der Waals surface area contributed by atoms with Crippen LogP contribution < -0.4 is 0 Å². The molecule has 4 nitrogen and oxygen atoms in total. The first-order valence-electron chi connectivity index (χ1n) is 21.1. The zero-order valence-electron chi connectivity index (χ0n) is 33.5. The average molecular weight is 790 g/mol. The van der Waals surface area contributed by atoms with E-state index in [0.717, 1.165) is 60.9 Å². The quantitative estimate of drug-likeness (QED) is 0.174. The van der Waals surface area contributed by atoms with Crippen LogP contribution in [0.1, 0.15) is 22.3 Å². The fraction of sp³-hybridized carbons (Fsp3) is 0.0172. The van der Waals surface area contributed by atoms with Crippen molar-refractivity contribution in [3.8, 4) is 78.7 Å². The number of hydrogen-bond acceptors (Lipinski definition) is 4. The van der Waals surface area contributed by atoms with Crippen molar-refractivity contribution in [3.63, 3.8) is 0 Å². The highest BCUT2D eigenvalue weighted by atomic mass is 16.3. The molecule has 9 aromatic carbocycles. The van der Waals surface area contributed by atoms with Gasteiger partial charge < -0.3 is 4.42 Å². The summed E-state index contributed by atoms with van der Waals surface area (Å²) in [5.74, 6) is 1.82. The molecule has 0 N–H and O–H groups in total. The van der Waals surface area contributed by atoms with Crippen LogP contribution in [0.4, 0.5) is 0 Å². The monoisotopic (exact) mass is 789 g/mol. The zero-order chi connectivity index (χ0) is 40.8. The van der Waals surface area contributed by atoms with Gasteiger partial charge in [-0.25, -0.2) is 15.0 Å². The fourth-order valence-corrected chi connectivity index (χ4v) is 10.4. The van der Waals surface area contributed by atoms with Gasteiger partial charge in [-0.15, -0.1) is 0 Å². The van der Waals surface area contributed by atoms with Gasteiger partial charge in [0.05, 0.1) is 5.41 Å². The Hall–Kier alpha value is -8.21. The van der Waals surface area contributed by atoms with Crippen LogP contribution in [-0.2, 0) is 5.41 Å². The number of nitrogens with zero attached hydrogens (tertiary/aromatic N) is 3. The zero-order valence-corrected chi connectivity index (χ0v) is 33.5. The normalized spacial score (nSPS) is 13.0. The van der Waals surface area contributed by atoms with E-state index in [4.69, 9.17) is 19.4 Å². The molecule has 0 atom stereocenters. The number of hydrogen-bond donors (Lipinski definition) is 0. The highest BCUT2D eigenvalue weighted by molar-refractivity contribution is 6.13. The lowest BCUT2D eigenvalue weighted by Gasteiger charge is -2.30. The number of benzene rings is 9. The highest BCUT2D eigenvalue weighted by Crippen LogP contribution is 2.63. The van der Waals surface area contributed by atoms with Crippen LogP contribution in [0.25, 0.3) is 101 Å². The maximum absolute atomic E-state index is 6.59. The van der Waals surface area contributed by atoms with E-state index in [1.807, 2.05) is 54.6 Å². The molecule has 0 unspecified atom stereocenters. The molecule has 0 fully saturated rings. The lowest BCUT2D eigenvalue weighted by molar-refractivity contribution is 0.669. The van der Waals surface area contributed by atoms with E-state index in [1.54, 1.807) is 0 Å². The fourth-order valence-electron chi connectivity index (χ4n) is 10.4. The number of rotatable bonds is 5. The van der Waals surface area contributed by atoms with E-state index < -0.39 is 0 Å². The highest BCUT2D eigenvalue weighted by Gasteiger charge is 2.51. The lowest BCUT2D eigenvalue weighted by atomic mass is 9.70. The Morgan fingerprint density at radius 3 is 1.45 bits per heavy atom. The third-order valence-corrected chi connectivity index (χ3v) is 13.0. The third-order valence-electron chi connectivity index (χ3n) is 13.0. The van der Waals surface area contributed by atoms with Crippen molar-refractivity contribution in [2.24, 2.45) is 0 Å². The Bertz CT molecular complexity index is 3540. The summed E-state index contributed by atoms with van der Waals surface area (Å²) in [6, 6.07) is 75.5. The average Bonchev–Trinajstić information content (AvgIpc) is 3.98. The van der Waals surface area contributed by atoms with Crippen LogP contribution in [0.5, 0.6) is 0 Å². The van der Waals surface area contributed by atoms with E-state index in [1.165, 1.54) is 44.5 Å². The molecule has 2 aliphatic rings. The van der Waals surface area contributed by atoms with Crippen LogP contribution in [0.15, 0.2) is 217 Å². The Balaban J connectivity index is 0.990. The van der Waals surface area contributed by atoms with Crippen molar-refractivity contribution < 1.29 is 4.42 Å². The second kappa shape index (κ2) is 13.4. The molecule has 11 aromatic rings. The predicted molar refractivity (Wildman–Crippen MR) is 251 cm³/mol. The molecule has 13 rings (SSSR count). The molecule has 2 heterocycles. The summed E-state index contributed by atoms with van der Waals surface area (Å²) in [6.07, 6.45) is 0.